The van der Waals surface area contributed by atoms with Gasteiger partial charge in [-0.3, -0.25) is 4.79 Å². The minimum atomic E-state index is -0.358. The minimum Gasteiger partial charge on any atom is -0.465 e. The van der Waals surface area contributed by atoms with Crippen molar-refractivity contribution in [2.45, 2.75) is 33.7 Å². The molecule has 4 heteroatoms. The van der Waals surface area contributed by atoms with Crippen LogP contribution in [0.25, 0.3) is 0 Å². The number of nitrogens with one attached hydrogen (secondary N) is 1. The fourth-order valence-corrected chi connectivity index (χ4v) is 1.62. The summed E-state index contributed by atoms with van der Waals surface area (Å²) in [5.41, 5.74) is 1.45. The third-order valence-corrected chi connectivity index (χ3v) is 2.56. The van der Waals surface area contributed by atoms with E-state index in [0.29, 0.717) is 18.5 Å². The van der Waals surface area contributed by atoms with Gasteiger partial charge in [-0.15, -0.1) is 0 Å². The average Bonchev–Trinajstić information content (AvgIpc) is 2.34. The topological polar surface area (TPSA) is 55.4 Å². The zero-order valence-electron chi connectivity index (χ0n) is 11.9. The first-order chi connectivity index (χ1) is 8.81. The molecule has 0 atom stereocenters. The van der Waals surface area contributed by atoms with Crippen LogP contribution < -0.4 is 5.32 Å². The number of rotatable bonds is 4. The third kappa shape index (κ3) is 5.55. The highest BCUT2D eigenvalue weighted by atomic mass is 16.5. The average molecular weight is 263 g/mol. The molecule has 1 aromatic rings. The number of ether oxygens (including phenoxy) is 1. The number of carbonyl (C=O) groups excluding carboxylic acids is 2. The molecular weight excluding hydrogens is 242 g/mol. The van der Waals surface area contributed by atoms with E-state index in [-0.39, 0.29) is 17.3 Å². The second kappa shape index (κ2) is 6.36. The molecule has 104 valence electrons. The zero-order valence-corrected chi connectivity index (χ0v) is 11.9. The van der Waals surface area contributed by atoms with Crippen LogP contribution in [0.2, 0.25) is 0 Å². The quantitative estimate of drug-likeness (QED) is 0.849. The molecule has 1 rings (SSSR count). The first-order valence-electron chi connectivity index (χ1n) is 6.26. The number of hydrogen-bond donors (Lipinski definition) is 1. The molecule has 0 radical (unpaired) electrons. The Morgan fingerprint density at radius 1 is 1.16 bits per heavy atom. The van der Waals surface area contributed by atoms with Crippen LogP contribution in [0, 0.1) is 5.41 Å². The summed E-state index contributed by atoms with van der Waals surface area (Å²) < 4.78 is 4.62. The van der Waals surface area contributed by atoms with Crippen molar-refractivity contribution in [1.82, 2.24) is 5.32 Å². The predicted molar refractivity (Wildman–Crippen MR) is 73.7 cm³/mol. The fraction of sp³-hybridized carbons (Fsp3) is 0.467. The molecule has 0 saturated carbocycles. The number of hydrogen-bond acceptors (Lipinski definition) is 3. The van der Waals surface area contributed by atoms with Crippen molar-refractivity contribution in [2.24, 2.45) is 5.41 Å². The van der Waals surface area contributed by atoms with Crippen LogP contribution in [-0.2, 0) is 16.1 Å². The van der Waals surface area contributed by atoms with E-state index < -0.39 is 0 Å². The maximum absolute atomic E-state index is 11.7. The van der Waals surface area contributed by atoms with E-state index in [1.54, 1.807) is 12.1 Å². The zero-order chi connectivity index (χ0) is 14.5. The highest BCUT2D eigenvalue weighted by Gasteiger charge is 2.15. The van der Waals surface area contributed by atoms with Gasteiger partial charge < -0.3 is 10.1 Å². The molecule has 0 unspecified atom stereocenters. The Morgan fingerprint density at radius 2 is 1.74 bits per heavy atom. The Hall–Kier alpha value is -1.84. The van der Waals surface area contributed by atoms with E-state index >= 15 is 0 Å². The fourth-order valence-electron chi connectivity index (χ4n) is 1.62. The maximum atomic E-state index is 11.7. The Balaban J connectivity index is 2.50. The molecule has 0 heterocycles. The van der Waals surface area contributed by atoms with Crippen molar-refractivity contribution in [1.29, 1.82) is 0 Å². The van der Waals surface area contributed by atoms with E-state index in [0.717, 1.165) is 5.56 Å². The number of esters is 1. The van der Waals surface area contributed by atoms with Gasteiger partial charge in [0.2, 0.25) is 5.91 Å². The Labute approximate surface area is 114 Å². The van der Waals surface area contributed by atoms with Crippen molar-refractivity contribution in [3.63, 3.8) is 0 Å². The molecule has 0 saturated heterocycles. The maximum Gasteiger partial charge on any atom is 0.337 e. The van der Waals surface area contributed by atoms with Gasteiger partial charge in [0.1, 0.15) is 0 Å². The number of methoxy groups -OCH3 is 1. The summed E-state index contributed by atoms with van der Waals surface area (Å²) >= 11 is 0. The lowest BCUT2D eigenvalue weighted by molar-refractivity contribution is -0.122. The molecule has 0 aliphatic rings. The van der Waals surface area contributed by atoms with Gasteiger partial charge in [-0.1, -0.05) is 32.9 Å². The molecule has 1 N–H and O–H groups in total. The second-order valence-electron chi connectivity index (χ2n) is 5.70. The molecule has 0 spiro atoms. The van der Waals surface area contributed by atoms with Crippen LogP contribution in [0.3, 0.4) is 0 Å². The molecule has 4 nitrogen and oxygen atoms in total. The van der Waals surface area contributed by atoms with Gasteiger partial charge in [0.25, 0.3) is 0 Å². The smallest absolute Gasteiger partial charge is 0.337 e. The summed E-state index contributed by atoms with van der Waals surface area (Å²) in [7, 11) is 1.35. The molecule has 1 aromatic carbocycles. The Kier molecular flexibility index (Phi) is 5.10. The Morgan fingerprint density at radius 3 is 2.21 bits per heavy atom. The Bertz CT molecular complexity index is 443. The molecule has 0 aliphatic carbocycles. The first-order valence-corrected chi connectivity index (χ1v) is 6.26. The van der Waals surface area contributed by atoms with Gasteiger partial charge in [-0.25, -0.2) is 4.79 Å². The molecule has 19 heavy (non-hydrogen) atoms. The number of benzene rings is 1. The van der Waals surface area contributed by atoms with Gasteiger partial charge in [-0.05, 0) is 23.1 Å². The van der Waals surface area contributed by atoms with Crippen molar-refractivity contribution >= 4 is 11.9 Å². The minimum absolute atomic E-state index is 0.0151. The van der Waals surface area contributed by atoms with Crippen LogP contribution >= 0.6 is 0 Å². The van der Waals surface area contributed by atoms with Gasteiger partial charge in [0.05, 0.1) is 12.7 Å². The van der Waals surface area contributed by atoms with E-state index in [9.17, 15) is 9.59 Å². The summed E-state index contributed by atoms with van der Waals surface area (Å²) in [5, 5.41) is 2.86. The normalized spacial score (nSPS) is 10.9. The van der Waals surface area contributed by atoms with Crippen LogP contribution in [0.5, 0.6) is 0 Å². The van der Waals surface area contributed by atoms with E-state index in [1.165, 1.54) is 7.11 Å². The van der Waals surface area contributed by atoms with Crippen molar-refractivity contribution < 1.29 is 14.3 Å². The van der Waals surface area contributed by atoms with Crippen molar-refractivity contribution in [3.8, 4) is 0 Å². The van der Waals surface area contributed by atoms with Crippen LogP contribution in [0.15, 0.2) is 24.3 Å². The lowest BCUT2D eigenvalue weighted by Gasteiger charge is -2.17. The highest BCUT2D eigenvalue weighted by Crippen LogP contribution is 2.17. The van der Waals surface area contributed by atoms with Gasteiger partial charge >= 0.3 is 5.97 Å². The molecule has 0 aromatic heterocycles. The SMILES string of the molecule is COC(=O)c1ccc(CNC(=O)CC(C)(C)C)cc1. The largest absolute Gasteiger partial charge is 0.465 e. The second-order valence-corrected chi connectivity index (χ2v) is 5.70. The van der Waals surface area contributed by atoms with Crippen LogP contribution in [0.1, 0.15) is 43.1 Å². The molecular formula is C15H21NO3. The van der Waals surface area contributed by atoms with Crippen LogP contribution in [0.4, 0.5) is 0 Å². The summed E-state index contributed by atoms with van der Waals surface area (Å²) in [6.07, 6.45) is 0.493. The molecule has 0 aliphatic heterocycles. The standard InChI is InChI=1S/C15H21NO3/c1-15(2,3)9-13(17)16-10-11-5-7-12(8-6-11)14(18)19-4/h5-8H,9-10H2,1-4H3,(H,16,17). The van der Waals surface area contributed by atoms with E-state index in [2.05, 4.69) is 10.1 Å². The van der Waals surface area contributed by atoms with Gasteiger partial charge in [-0.2, -0.15) is 0 Å². The predicted octanol–water partition coefficient (Wildman–Crippen LogP) is 2.53. The molecule has 0 fully saturated rings. The first kappa shape index (κ1) is 15.2. The van der Waals surface area contributed by atoms with Gasteiger partial charge in [0.15, 0.2) is 0 Å². The molecule has 0 bridgehead atoms. The number of amides is 1. The van der Waals surface area contributed by atoms with E-state index in [1.807, 2.05) is 32.9 Å². The van der Waals surface area contributed by atoms with Crippen molar-refractivity contribution in [2.75, 3.05) is 7.11 Å². The highest BCUT2D eigenvalue weighted by molar-refractivity contribution is 5.89. The van der Waals surface area contributed by atoms with Crippen molar-refractivity contribution in [3.05, 3.63) is 35.4 Å². The summed E-state index contributed by atoms with van der Waals surface area (Å²) in [6.45, 7) is 6.55. The summed E-state index contributed by atoms with van der Waals surface area (Å²) in [4.78, 5) is 22.9. The molecule has 1 amide bonds. The third-order valence-electron chi connectivity index (χ3n) is 2.56. The number of carbonyl (C=O) groups is 2. The van der Waals surface area contributed by atoms with Gasteiger partial charge in [0, 0.05) is 13.0 Å². The lowest BCUT2D eigenvalue weighted by atomic mass is 9.92. The lowest BCUT2D eigenvalue weighted by Crippen LogP contribution is -2.27. The summed E-state index contributed by atoms with van der Waals surface area (Å²) in [5.74, 6) is -0.326. The monoisotopic (exact) mass is 263 g/mol. The van der Waals surface area contributed by atoms with Crippen LogP contribution in [-0.4, -0.2) is 19.0 Å². The van der Waals surface area contributed by atoms with E-state index in [4.69, 9.17) is 0 Å². The summed E-state index contributed by atoms with van der Waals surface area (Å²) in [6, 6.07) is 7.00.